The quantitative estimate of drug-likeness (QED) is 0.886. The van der Waals surface area contributed by atoms with Crippen molar-refractivity contribution in [3.63, 3.8) is 0 Å². The highest BCUT2D eigenvalue weighted by molar-refractivity contribution is 7.92. The van der Waals surface area contributed by atoms with Crippen LogP contribution in [0.25, 0.3) is 11.0 Å². The molecule has 0 aliphatic rings. The molecule has 2 rings (SSSR count). The number of benzene rings is 1. The van der Waals surface area contributed by atoms with Gasteiger partial charge in [0.1, 0.15) is 11.3 Å². The molecule has 0 fully saturated rings. The lowest BCUT2D eigenvalue weighted by molar-refractivity contribution is 0.0983. The van der Waals surface area contributed by atoms with Crippen LogP contribution < -0.4 is 4.72 Å². The number of carbonyl (C=O) groups excluding carboxylic acids is 1. The Morgan fingerprint density at radius 3 is 2.90 bits per heavy atom. The molecule has 0 unspecified atom stereocenters. The molecule has 0 aliphatic carbocycles. The molecule has 1 aromatic heterocycles. The molecule has 0 aliphatic heterocycles. The van der Waals surface area contributed by atoms with E-state index in [-0.39, 0.29) is 5.56 Å². The number of imidazole rings is 1. The second kappa shape index (κ2) is 6.09. The minimum Gasteiger partial charge on any atom is -0.342 e. The number of amides is 1. The number of allylic oxidation sites excluding steroid dienone is 1. The Labute approximate surface area is 123 Å². The van der Waals surface area contributed by atoms with Crippen LogP contribution in [0.5, 0.6) is 0 Å². The van der Waals surface area contributed by atoms with E-state index < -0.39 is 15.9 Å². The first-order chi connectivity index (χ1) is 9.93. The minimum absolute atomic E-state index is 0.226. The van der Waals surface area contributed by atoms with Crippen LogP contribution in [0, 0.1) is 6.92 Å². The van der Waals surface area contributed by atoms with Crippen molar-refractivity contribution in [2.45, 2.75) is 26.7 Å². The van der Waals surface area contributed by atoms with Gasteiger partial charge in [-0.3, -0.25) is 4.79 Å². The fourth-order valence-corrected chi connectivity index (χ4v) is 2.74. The van der Waals surface area contributed by atoms with E-state index in [0.717, 1.165) is 11.8 Å². The van der Waals surface area contributed by atoms with E-state index in [1.807, 2.05) is 11.6 Å². The summed E-state index contributed by atoms with van der Waals surface area (Å²) >= 11 is 0. The number of H-pyrrole nitrogens is 1. The van der Waals surface area contributed by atoms with E-state index in [9.17, 15) is 13.2 Å². The van der Waals surface area contributed by atoms with E-state index in [0.29, 0.717) is 23.3 Å². The number of nitrogens with one attached hydrogen (secondary N) is 2. The molecule has 2 N–H and O–H groups in total. The lowest BCUT2D eigenvalue weighted by Gasteiger charge is -2.04. The van der Waals surface area contributed by atoms with Gasteiger partial charge in [0, 0.05) is 5.41 Å². The van der Waals surface area contributed by atoms with E-state index >= 15 is 0 Å². The van der Waals surface area contributed by atoms with Crippen LogP contribution in [0.4, 0.5) is 0 Å². The van der Waals surface area contributed by atoms with Crippen LogP contribution in [0.3, 0.4) is 0 Å². The Hall–Kier alpha value is -2.15. The van der Waals surface area contributed by atoms with Crippen LogP contribution in [-0.4, -0.2) is 24.3 Å². The first-order valence-electron chi connectivity index (χ1n) is 6.62. The van der Waals surface area contributed by atoms with Crippen molar-refractivity contribution in [3.8, 4) is 0 Å². The van der Waals surface area contributed by atoms with E-state index in [1.54, 1.807) is 25.1 Å². The number of hydrogen-bond acceptors (Lipinski definition) is 4. The lowest BCUT2D eigenvalue weighted by Crippen LogP contribution is -2.29. The Morgan fingerprint density at radius 1 is 1.43 bits per heavy atom. The van der Waals surface area contributed by atoms with Gasteiger partial charge in [-0.05, 0) is 25.5 Å². The van der Waals surface area contributed by atoms with Crippen LogP contribution in [0.2, 0.25) is 0 Å². The number of unbranched alkanes of at least 4 members (excludes halogenated alkanes) is 1. The monoisotopic (exact) mass is 307 g/mol. The third-order valence-corrected chi connectivity index (χ3v) is 3.86. The molecule has 0 radical (unpaired) electrons. The molecule has 0 saturated heterocycles. The molecule has 1 aromatic carbocycles. The van der Waals surface area contributed by atoms with Gasteiger partial charge in [0.2, 0.25) is 0 Å². The Kier molecular flexibility index (Phi) is 4.42. The molecular weight excluding hydrogens is 290 g/mol. The van der Waals surface area contributed by atoms with Crippen molar-refractivity contribution in [2.75, 3.05) is 0 Å². The fourth-order valence-electron chi connectivity index (χ4n) is 1.92. The summed E-state index contributed by atoms with van der Waals surface area (Å²) in [5.41, 5.74) is 1.38. The standard InChI is InChI=1S/C14H17N3O3S/c1-3-4-5-9-21(19,20)17-14(18)11-7-6-8-12-13(11)16-10(2)15-12/h5-9H,3-4H2,1-2H3,(H,15,16)(H,17,18)/b9-5+. The molecule has 0 atom stereocenters. The number of aromatic amines is 1. The third-order valence-electron chi connectivity index (χ3n) is 2.84. The summed E-state index contributed by atoms with van der Waals surface area (Å²) in [5.74, 6) is -0.0239. The maximum absolute atomic E-state index is 12.1. The second-order valence-electron chi connectivity index (χ2n) is 4.66. The molecule has 2 aromatic rings. The fraction of sp³-hybridized carbons (Fsp3) is 0.286. The predicted octanol–water partition coefficient (Wildman–Crippen LogP) is 2.24. The van der Waals surface area contributed by atoms with E-state index in [2.05, 4.69) is 9.97 Å². The van der Waals surface area contributed by atoms with Gasteiger partial charge < -0.3 is 4.98 Å². The van der Waals surface area contributed by atoms with Crippen LogP contribution in [0.15, 0.2) is 29.7 Å². The zero-order chi connectivity index (χ0) is 15.5. The van der Waals surface area contributed by atoms with Crippen molar-refractivity contribution in [2.24, 2.45) is 0 Å². The van der Waals surface area contributed by atoms with Crippen molar-refractivity contribution in [3.05, 3.63) is 41.1 Å². The summed E-state index contributed by atoms with van der Waals surface area (Å²) in [4.78, 5) is 19.4. The van der Waals surface area contributed by atoms with Crippen molar-refractivity contribution >= 4 is 27.0 Å². The SMILES string of the molecule is CCC/C=C/S(=O)(=O)NC(=O)c1cccc2[nH]c(C)nc12. The van der Waals surface area contributed by atoms with Crippen molar-refractivity contribution in [1.82, 2.24) is 14.7 Å². The Morgan fingerprint density at radius 2 is 2.19 bits per heavy atom. The maximum Gasteiger partial charge on any atom is 0.267 e. The van der Waals surface area contributed by atoms with E-state index in [4.69, 9.17) is 0 Å². The molecule has 0 bridgehead atoms. The smallest absolute Gasteiger partial charge is 0.267 e. The summed E-state index contributed by atoms with van der Waals surface area (Å²) in [5, 5.41) is 1.02. The first-order valence-corrected chi connectivity index (χ1v) is 8.16. The minimum atomic E-state index is -3.78. The topological polar surface area (TPSA) is 91.9 Å². The largest absolute Gasteiger partial charge is 0.342 e. The van der Waals surface area contributed by atoms with Crippen molar-refractivity contribution < 1.29 is 13.2 Å². The molecule has 1 amide bonds. The van der Waals surface area contributed by atoms with Gasteiger partial charge in [0.25, 0.3) is 15.9 Å². The summed E-state index contributed by atoms with van der Waals surface area (Å²) in [7, 11) is -3.78. The second-order valence-corrected chi connectivity index (χ2v) is 6.23. The number of rotatable bonds is 5. The maximum atomic E-state index is 12.1. The van der Waals surface area contributed by atoms with Gasteiger partial charge in [-0.25, -0.2) is 18.1 Å². The van der Waals surface area contributed by atoms with Gasteiger partial charge in [0.05, 0.1) is 11.1 Å². The van der Waals surface area contributed by atoms with Crippen LogP contribution in [0.1, 0.15) is 35.9 Å². The molecule has 0 saturated carbocycles. The highest BCUT2D eigenvalue weighted by Crippen LogP contribution is 2.16. The normalized spacial score (nSPS) is 12.1. The van der Waals surface area contributed by atoms with Gasteiger partial charge in [-0.1, -0.05) is 25.5 Å². The molecule has 7 heteroatoms. The number of aromatic nitrogens is 2. The molecule has 6 nitrogen and oxygen atoms in total. The average Bonchev–Trinajstić information content (AvgIpc) is 2.77. The number of nitrogens with zero attached hydrogens (tertiary/aromatic N) is 1. The van der Waals surface area contributed by atoms with Crippen molar-refractivity contribution in [1.29, 1.82) is 0 Å². The number of carbonyl (C=O) groups is 1. The van der Waals surface area contributed by atoms with Gasteiger partial charge in [-0.15, -0.1) is 0 Å². The summed E-state index contributed by atoms with van der Waals surface area (Å²) < 4.78 is 25.6. The van der Waals surface area contributed by atoms with Crippen LogP contribution >= 0.6 is 0 Å². The van der Waals surface area contributed by atoms with Gasteiger partial charge in [-0.2, -0.15) is 0 Å². The number of para-hydroxylation sites is 1. The van der Waals surface area contributed by atoms with Crippen LogP contribution in [-0.2, 0) is 10.0 Å². The zero-order valence-corrected chi connectivity index (χ0v) is 12.7. The van der Waals surface area contributed by atoms with Gasteiger partial charge >= 0.3 is 0 Å². The number of aryl methyl sites for hydroxylation is 1. The first kappa shape index (κ1) is 15.2. The summed E-state index contributed by atoms with van der Waals surface area (Å²) in [6.45, 7) is 3.71. The summed E-state index contributed by atoms with van der Waals surface area (Å²) in [6.07, 6.45) is 3.00. The highest BCUT2D eigenvalue weighted by atomic mass is 32.2. The van der Waals surface area contributed by atoms with Gasteiger partial charge in [0.15, 0.2) is 0 Å². The molecule has 112 valence electrons. The lowest BCUT2D eigenvalue weighted by atomic mass is 10.2. The molecule has 1 heterocycles. The highest BCUT2D eigenvalue weighted by Gasteiger charge is 2.17. The number of sulfonamides is 1. The summed E-state index contributed by atoms with van der Waals surface area (Å²) in [6, 6.07) is 5.00. The average molecular weight is 307 g/mol. The predicted molar refractivity (Wildman–Crippen MR) is 81.3 cm³/mol. The molecule has 21 heavy (non-hydrogen) atoms. The van der Waals surface area contributed by atoms with E-state index in [1.165, 1.54) is 6.08 Å². The Bertz CT molecular complexity index is 791. The molecule has 0 spiro atoms. The number of fused-ring (bicyclic) bond motifs is 1. The Balaban J connectivity index is 2.27. The third kappa shape index (κ3) is 3.69. The number of hydrogen-bond donors (Lipinski definition) is 2. The zero-order valence-electron chi connectivity index (χ0n) is 11.9. The molecular formula is C14H17N3O3S.